The molecule has 0 aliphatic rings. The summed E-state index contributed by atoms with van der Waals surface area (Å²) in [7, 11) is 0. The van der Waals surface area contributed by atoms with Crippen LogP contribution in [0.1, 0.15) is 38.8 Å². The van der Waals surface area contributed by atoms with Crippen LogP contribution in [0.3, 0.4) is 0 Å². The maximum absolute atomic E-state index is 12.5. The quantitative estimate of drug-likeness (QED) is 0.489. The normalized spacial score (nSPS) is 11.8. The molecule has 0 saturated heterocycles. The van der Waals surface area contributed by atoms with Crippen molar-refractivity contribution in [3.05, 3.63) is 63.8 Å². The molecule has 144 valence electrons. The highest BCUT2D eigenvalue weighted by atomic mass is 32.1. The van der Waals surface area contributed by atoms with Gasteiger partial charge in [0, 0.05) is 11.8 Å². The summed E-state index contributed by atoms with van der Waals surface area (Å²) >= 11 is 1.23. The van der Waals surface area contributed by atoms with Crippen LogP contribution in [0, 0.1) is 0 Å². The van der Waals surface area contributed by atoms with Crippen LogP contribution in [0.15, 0.2) is 48.5 Å². The molecule has 1 unspecified atom stereocenters. The van der Waals surface area contributed by atoms with Crippen molar-refractivity contribution in [1.29, 1.82) is 0 Å². The number of carbonyl (C=O) groups is 3. The van der Waals surface area contributed by atoms with Crippen LogP contribution in [0.25, 0.3) is 10.8 Å². The van der Waals surface area contributed by atoms with E-state index in [1.54, 1.807) is 18.2 Å². The molecule has 0 fully saturated rings. The van der Waals surface area contributed by atoms with Gasteiger partial charge in [0.15, 0.2) is 6.10 Å². The van der Waals surface area contributed by atoms with Gasteiger partial charge in [-0.3, -0.25) is 9.59 Å². The highest BCUT2D eigenvalue weighted by Gasteiger charge is 2.23. The molecule has 0 saturated carbocycles. The molecule has 1 amide bonds. The van der Waals surface area contributed by atoms with Crippen LogP contribution in [0.4, 0.5) is 0 Å². The number of hydrogen-bond acceptors (Lipinski definition) is 6. The number of ketones is 1. The van der Waals surface area contributed by atoms with E-state index in [4.69, 9.17) is 4.74 Å². The van der Waals surface area contributed by atoms with Crippen LogP contribution in [-0.4, -0.2) is 28.9 Å². The van der Waals surface area contributed by atoms with E-state index in [0.717, 1.165) is 15.6 Å². The Kier molecular flexibility index (Phi) is 5.75. The average molecular weight is 397 g/mol. The molecule has 1 heterocycles. The van der Waals surface area contributed by atoms with Gasteiger partial charge in [0.25, 0.3) is 0 Å². The molecule has 0 bridgehead atoms. The van der Waals surface area contributed by atoms with Crippen LogP contribution in [-0.2, 0) is 16.1 Å². The summed E-state index contributed by atoms with van der Waals surface area (Å²) in [5, 5.41) is 14.4. The second-order valence-electron chi connectivity index (χ2n) is 6.30. The van der Waals surface area contributed by atoms with Crippen molar-refractivity contribution < 1.29 is 24.2 Å². The number of hydrogen-bond donors (Lipinski definition) is 2. The Morgan fingerprint density at radius 1 is 1.11 bits per heavy atom. The smallest absolute Gasteiger partial charge is 0.342 e. The number of aromatic hydroxyl groups is 1. The summed E-state index contributed by atoms with van der Waals surface area (Å²) in [6, 6.07) is 13.7. The minimum Gasteiger partial charge on any atom is -0.507 e. The SMILES string of the molecule is CC(=O)NCc1ccc(C(=O)C(C)OC(=O)c2cc3ccccc3cc2O)s1. The van der Waals surface area contributed by atoms with Gasteiger partial charge in [-0.25, -0.2) is 4.79 Å². The molecule has 0 radical (unpaired) electrons. The zero-order chi connectivity index (χ0) is 20.3. The van der Waals surface area contributed by atoms with E-state index in [2.05, 4.69) is 5.32 Å². The Hall–Kier alpha value is -3.19. The first-order valence-electron chi connectivity index (χ1n) is 8.65. The summed E-state index contributed by atoms with van der Waals surface area (Å²) in [4.78, 5) is 37.2. The maximum Gasteiger partial charge on any atom is 0.342 e. The van der Waals surface area contributed by atoms with Crippen molar-refractivity contribution in [2.75, 3.05) is 0 Å². The molecule has 7 heteroatoms. The number of benzene rings is 2. The van der Waals surface area contributed by atoms with Gasteiger partial charge in [-0.1, -0.05) is 24.3 Å². The fourth-order valence-corrected chi connectivity index (χ4v) is 3.65. The predicted octanol–water partition coefficient (Wildman–Crippen LogP) is 3.67. The second-order valence-corrected chi connectivity index (χ2v) is 7.47. The van der Waals surface area contributed by atoms with E-state index in [-0.39, 0.29) is 23.0 Å². The molecule has 0 spiro atoms. The lowest BCUT2D eigenvalue weighted by molar-refractivity contribution is -0.119. The van der Waals surface area contributed by atoms with Crippen molar-refractivity contribution >= 4 is 39.8 Å². The van der Waals surface area contributed by atoms with Gasteiger partial charge >= 0.3 is 5.97 Å². The molecule has 0 aliphatic carbocycles. The number of carbonyl (C=O) groups excluding carboxylic acids is 3. The third-order valence-electron chi connectivity index (χ3n) is 4.15. The fourth-order valence-electron chi connectivity index (χ4n) is 2.69. The van der Waals surface area contributed by atoms with Gasteiger partial charge in [0.05, 0.1) is 11.4 Å². The molecule has 3 rings (SSSR count). The van der Waals surface area contributed by atoms with Crippen molar-refractivity contribution in [3.63, 3.8) is 0 Å². The van der Waals surface area contributed by atoms with E-state index in [1.807, 2.05) is 24.3 Å². The van der Waals surface area contributed by atoms with Crippen molar-refractivity contribution in [1.82, 2.24) is 5.32 Å². The largest absolute Gasteiger partial charge is 0.507 e. The first kappa shape index (κ1) is 19.6. The van der Waals surface area contributed by atoms with E-state index in [9.17, 15) is 19.5 Å². The van der Waals surface area contributed by atoms with Crippen molar-refractivity contribution in [3.8, 4) is 5.75 Å². The zero-order valence-electron chi connectivity index (χ0n) is 15.4. The van der Waals surface area contributed by atoms with Gasteiger partial charge in [-0.2, -0.15) is 0 Å². The molecular weight excluding hydrogens is 378 g/mol. The Morgan fingerprint density at radius 2 is 1.79 bits per heavy atom. The van der Waals surface area contributed by atoms with Crippen molar-refractivity contribution in [2.45, 2.75) is 26.5 Å². The highest BCUT2D eigenvalue weighted by Crippen LogP contribution is 2.26. The average Bonchev–Trinajstić information content (AvgIpc) is 3.14. The number of Topliss-reactive ketones (excluding diaryl/α,β-unsaturated/α-hetero) is 1. The number of rotatable bonds is 6. The minimum absolute atomic E-state index is 0.0101. The predicted molar refractivity (Wildman–Crippen MR) is 107 cm³/mol. The maximum atomic E-state index is 12.5. The van der Waals surface area contributed by atoms with Crippen molar-refractivity contribution in [2.24, 2.45) is 0 Å². The number of fused-ring (bicyclic) bond motifs is 1. The Bertz CT molecular complexity index is 1060. The molecule has 3 aromatic rings. The Labute approximate surface area is 165 Å². The number of amides is 1. The standard InChI is InChI=1S/C21H19NO5S/c1-12(20(25)19-8-7-16(28-19)11-22-13(2)23)27-21(26)17-9-14-5-3-4-6-15(14)10-18(17)24/h3-10,12,24H,11H2,1-2H3,(H,22,23). The van der Waals surface area contributed by atoms with Gasteiger partial charge in [-0.15, -0.1) is 11.3 Å². The van der Waals surface area contributed by atoms with Gasteiger partial charge in [-0.05, 0) is 42.0 Å². The summed E-state index contributed by atoms with van der Waals surface area (Å²) in [6.45, 7) is 3.25. The Morgan fingerprint density at radius 3 is 2.46 bits per heavy atom. The summed E-state index contributed by atoms with van der Waals surface area (Å²) in [6.07, 6.45) is -1.01. The molecule has 1 atom stereocenters. The molecule has 0 aliphatic heterocycles. The lowest BCUT2D eigenvalue weighted by Gasteiger charge is -2.12. The number of nitrogens with one attached hydrogen (secondary N) is 1. The first-order chi connectivity index (χ1) is 13.3. The molecule has 2 N–H and O–H groups in total. The summed E-state index contributed by atoms with van der Waals surface area (Å²) < 4.78 is 5.28. The lowest BCUT2D eigenvalue weighted by Crippen LogP contribution is -2.23. The van der Waals surface area contributed by atoms with E-state index in [0.29, 0.717) is 11.4 Å². The third kappa shape index (κ3) is 4.37. The van der Waals surface area contributed by atoms with Gasteiger partial charge < -0.3 is 15.2 Å². The van der Waals surface area contributed by atoms with E-state index < -0.39 is 12.1 Å². The molecule has 28 heavy (non-hydrogen) atoms. The van der Waals surface area contributed by atoms with E-state index >= 15 is 0 Å². The topological polar surface area (TPSA) is 92.7 Å². The highest BCUT2D eigenvalue weighted by molar-refractivity contribution is 7.14. The molecule has 2 aromatic carbocycles. The van der Waals surface area contributed by atoms with Crippen LogP contribution in [0.2, 0.25) is 0 Å². The fraction of sp³-hybridized carbons (Fsp3) is 0.190. The number of ether oxygens (including phenoxy) is 1. The summed E-state index contributed by atoms with van der Waals surface area (Å²) in [5.41, 5.74) is 0.0101. The number of esters is 1. The first-order valence-corrected chi connectivity index (χ1v) is 9.47. The van der Waals surface area contributed by atoms with E-state index in [1.165, 1.54) is 31.3 Å². The third-order valence-corrected chi connectivity index (χ3v) is 5.25. The number of phenols is 1. The molecule has 1 aromatic heterocycles. The number of phenolic OH excluding ortho intramolecular Hbond substituents is 1. The lowest BCUT2D eigenvalue weighted by atomic mass is 10.1. The van der Waals surface area contributed by atoms with Gasteiger partial charge in [0.2, 0.25) is 11.7 Å². The summed E-state index contributed by atoms with van der Waals surface area (Å²) in [5.74, 6) is -1.46. The minimum atomic E-state index is -1.01. The molecular formula is C21H19NO5S. The Balaban J connectivity index is 1.71. The van der Waals surface area contributed by atoms with Crippen LogP contribution in [0.5, 0.6) is 5.75 Å². The monoisotopic (exact) mass is 397 g/mol. The van der Waals surface area contributed by atoms with Gasteiger partial charge in [0.1, 0.15) is 11.3 Å². The molecule has 6 nitrogen and oxygen atoms in total. The van der Waals surface area contributed by atoms with Crippen LogP contribution >= 0.6 is 11.3 Å². The zero-order valence-corrected chi connectivity index (χ0v) is 16.2. The van der Waals surface area contributed by atoms with Crippen LogP contribution < -0.4 is 5.32 Å². The number of thiophene rings is 1. The second kappa shape index (κ2) is 8.22.